The minimum Gasteiger partial charge on any atom is -0.467 e. The van der Waals surface area contributed by atoms with E-state index in [9.17, 15) is 9.59 Å². The molecular weight excluding hydrogens is 214 g/mol. The van der Waals surface area contributed by atoms with Crippen molar-refractivity contribution in [3.8, 4) is 0 Å². The highest BCUT2D eigenvalue weighted by Crippen LogP contribution is 1.93. The third-order valence-corrected chi connectivity index (χ3v) is 1.77. The van der Waals surface area contributed by atoms with E-state index in [0.29, 0.717) is 0 Å². The number of nitrogens with zero attached hydrogens (tertiary/aromatic N) is 2. The van der Waals surface area contributed by atoms with Crippen molar-refractivity contribution in [2.75, 3.05) is 13.7 Å². The normalized spacial score (nSPS) is 11.6. The quantitative estimate of drug-likeness (QED) is 0.620. The average Bonchev–Trinajstić information content (AvgIpc) is 2.35. The predicted molar refractivity (Wildman–Crippen MR) is 52.4 cm³/mol. The molecule has 0 aliphatic carbocycles. The van der Waals surface area contributed by atoms with Crippen molar-refractivity contribution in [2.45, 2.75) is 6.04 Å². The van der Waals surface area contributed by atoms with E-state index in [0.717, 1.165) is 0 Å². The number of rotatable bonds is 4. The molecule has 0 aliphatic heterocycles. The fraction of sp³-hybridized carbons (Fsp3) is 0.333. The SMILES string of the molecule is COC(=O)[C@H](CO)NC(=O)c1cnccn1. The molecule has 0 aliphatic rings. The second-order valence-electron chi connectivity index (χ2n) is 2.82. The summed E-state index contributed by atoms with van der Waals surface area (Å²) in [6.07, 6.45) is 4.02. The van der Waals surface area contributed by atoms with Gasteiger partial charge in [-0.25, -0.2) is 9.78 Å². The van der Waals surface area contributed by atoms with Crippen LogP contribution in [0.25, 0.3) is 0 Å². The van der Waals surface area contributed by atoms with Gasteiger partial charge >= 0.3 is 5.97 Å². The first-order chi connectivity index (χ1) is 7.69. The third kappa shape index (κ3) is 2.99. The lowest BCUT2D eigenvalue weighted by Crippen LogP contribution is -2.44. The summed E-state index contributed by atoms with van der Waals surface area (Å²) in [5.74, 6) is -1.32. The van der Waals surface area contributed by atoms with Crippen molar-refractivity contribution in [3.05, 3.63) is 24.3 Å². The average molecular weight is 225 g/mol. The first kappa shape index (κ1) is 12.1. The molecule has 7 nitrogen and oxygen atoms in total. The highest BCUT2D eigenvalue weighted by Gasteiger charge is 2.21. The second kappa shape index (κ2) is 5.76. The summed E-state index contributed by atoms with van der Waals surface area (Å²) in [4.78, 5) is 30.0. The summed E-state index contributed by atoms with van der Waals surface area (Å²) < 4.78 is 4.39. The van der Waals surface area contributed by atoms with E-state index in [-0.39, 0.29) is 5.69 Å². The van der Waals surface area contributed by atoms with Crippen molar-refractivity contribution in [1.82, 2.24) is 15.3 Å². The molecule has 1 atom stereocenters. The molecule has 1 amide bonds. The molecule has 0 saturated carbocycles. The predicted octanol–water partition coefficient (Wildman–Crippen LogP) is -1.26. The number of hydrogen-bond donors (Lipinski definition) is 2. The monoisotopic (exact) mass is 225 g/mol. The third-order valence-electron chi connectivity index (χ3n) is 1.77. The van der Waals surface area contributed by atoms with E-state index >= 15 is 0 Å². The number of carbonyl (C=O) groups excluding carboxylic acids is 2. The molecule has 2 N–H and O–H groups in total. The Hall–Kier alpha value is -2.02. The molecule has 7 heteroatoms. The maximum absolute atomic E-state index is 11.5. The molecule has 1 heterocycles. The van der Waals surface area contributed by atoms with Gasteiger partial charge < -0.3 is 15.2 Å². The van der Waals surface area contributed by atoms with Gasteiger partial charge in [-0.2, -0.15) is 0 Å². The standard InChI is InChI=1S/C9H11N3O4/c1-16-9(15)7(5-13)12-8(14)6-4-10-2-3-11-6/h2-4,7,13H,5H2,1H3,(H,12,14)/t7-/m0/s1. The van der Waals surface area contributed by atoms with Crippen LogP contribution >= 0.6 is 0 Å². The number of ether oxygens (including phenoxy) is 1. The fourth-order valence-corrected chi connectivity index (χ4v) is 0.970. The van der Waals surface area contributed by atoms with Crippen LogP contribution in [0.15, 0.2) is 18.6 Å². The van der Waals surface area contributed by atoms with E-state index in [1.807, 2.05) is 0 Å². The zero-order valence-corrected chi connectivity index (χ0v) is 8.58. The van der Waals surface area contributed by atoms with E-state index in [4.69, 9.17) is 5.11 Å². The molecule has 1 aromatic rings. The zero-order valence-electron chi connectivity index (χ0n) is 8.58. The molecule has 1 rings (SSSR count). The Morgan fingerprint density at radius 2 is 2.31 bits per heavy atom. The van der Waals surface area contributed by atoms with E-state index < -0.39 is 24.5 Å². The van der Waals surface area contributed by atoms with Crippen LogP contribution in [0.1, 0.15) is 10.5 Å². The molecule has 0 aromatic carbocycles. The highest BCUT2D eigenvalue weighted by molar-refractivity contribution is 5.94. The Morgan fingerprint density at radius 1 is 1.56 bits per heavy atom. The fourth-order valence-electron chi connectivity index (χ4n) is 0.970. The van der Waals surface area contributed by atoms with Crippen LogP contribution in [0.3, 0.4) is 0 Å². The molecule has 0 bridgehead atoms. The van der Waals surface area contributed by atoms with Gasteiger partial charge in [0.25, 0.3) is 5.91 Å². The second-order valence-corrected chi connectivity index (χ2v) is 2.82. The first-order valence-corrected chi connectivity index (χ1v) is 4.44. The molecular formula is C9H11N3O4. The maximum atomic E-state index is 11.5. The lowest BCUT2D eigenvalue weighted by molar-refractivity contribution is -0.143. The summed E-state index contributed by atoms with van der Waals surface area (Å²) in [6, 6.07) is -1.10. The molecule has 0 unspecified atom stereocenters. The number of amides is 1. The smallest absolute Gasteiger partial charge is 0.330 e. The number of carbonyl (C=O) groups is 2. The molecule has 0 saturated heterocycles. The molecule has 0 radical (unpaired) electrons. The molecule has 16 heavy (non-hydrogen) atoms. The largest absolute Gasteiger partial charge is 0.467 e. The number of nitrogens with one attached hydrogen (secondary N) is 1. The van der Waals surface area contributed by atoms with Crippen molar-refractivity contribution in [3.63, 3.8) is 0 Å². The molecule has 0 spiro atoms. The molecule has 1 aromatic heterocycles. The van der Waals surface area contributed by atoms with Crippen LogP contribution in [0.5, 0.6) is 0 Å². The summed E-state index contributed by atoms with van der Waals surface area (Å²) in [5.41, 5.74) is 0.0600. The lowest BCUT2D eigenvalue weighted by atomic mass is 10.3. The Balaban J connectivity index is 2.66. The number of hydrogen-bond acceptors (Lipinski definition) is 6. The van der Waals surface area contributed by atoms with Crippen LogP contribution in [-0.2, 0) is 9.53 Å². The summed E-state index contributed by atoms with van der Waals surface area (Å²) in [5, 5.41) is 11.1. The van der Waals surface area contributed by atoms with Crippen molar-refractivity contribution in [2.24, 2.45) is 0 Å². The lowest BCUT2D eigenvalue weighted by Gasteiger charge is -2.12. The Labute approximate surface area is 91.5 Å². The van der Waals surface area contributed by atoms with Gasteiger partial charge in [-0.15, -0.1) is 0 Å². The van der Waals surface area contributed by atoms with Gasteiger partial charge in [0.2, 0.25) is 0 Å². The van der Waals surface area contributed by atoms with Gasteiger partial charge in [0.1, 0.15) is 5.69 Å². The van der Waals surface area contributed by atoms with E-state index in [2.05, 4.69) is 20.0 Å². The minimum atomic E-state index is -1.10. The van der Waals surface area contributed by atoms with Crippen molar-refractivity contribution in [1.29, 1.82) is 0 Å². The number of aromatic nitrogens is 2. The Morgan fingerprint density at radius 3 is 2.81 bits per heavy atom. The Kier molecular flexibility index (Phi) is 4.34. The van der Waals surface area contributed by atoms with E-state index in [1.165, 1.54) is 25.7 Å². The number of aliphatic hydroxyl groups excluding tert-OH is 1. The topological polar surface area (TPSA) is 101 Å². The van der Waals surface area contributed by atoms with Crippen molar-refractivity contribution >= 4 is 11.9 Å². The molecule has 86 valence electrons. The number of methoxy groups -OCH3 is 1. The maximum Gasteiger partial charge on any atom is 0.330 e. The molecule has 0 fully saturated rings. The van der Waals surface area contributed by atoms with Crippen LogP contribution in [0.4, 0.5) is 0 Å². The van der Waals surface area contributed by atoms with Crippen LogP contribution in [0.2, 0.25) is 0 Å². The minimum absolute atomic E-state index is 0.0600. The van der Waals surface area contributed by atoms with Gasteiger partial charge in [0.15, 0.2) is 6.04 Å². The van der Waals surface area contributed by atoms with Crippen LogP contribution in [-0.4, -0.2) is 46.7 Å². The highest BCUT2D eigenvalue weighted by atomic mass is 16.5. The van der Waals surface area contributed by atoms with Gasteiger partial charge in [0, 0.05) is 12.4 Å². The van der Waals surface area contributed by atoms with Crippen molar-refractivity contribution < 1.29 is 19.4 Å². The first-order valence-electron chi connectivity index (χ1n) is 4.44. The van der Waals surface area contributed by atoms with Gasteiger partial charge in [0.05, 0.1) is 19.9 Å². The Bertz CT molecular complexity index is 368. The summed E-state index contributed by atoms with van der Waals surface area (Å²) in [7, 11) is 1.17. The number of esters is 1. The van der Waals surface area contributed by atoms with Crippen LogP contribution in [0, 0.1) is 0 Å². The zero-order chi connectivity index (χ0) is 12.0. The number of aliphatic hydroxyl groups is 1. The van der Waals surface area contributed by atoms with Crippen LogP contribution < -0.4 is 5.32 Å². The van der Waals surface area contributed by atoms with Gasteiger partial charge in [-0.05, 0) is 0 Å². The van der Waals surface area contributed by atoms with Gasteiger partial charge in [-0.1, -0.05) is 0 Å². The summed E-state index contributed by atoms with van der Waals surface area (Å²) >= 11 is 0. The van der Waals surface area contributed by atoms with Gasteiger partial charge in [-0.3, -0.25) is 9.78 Å². The van der Waals surface area contributed by atoms with E-state index in [1.54, 1.807) is 0 Å². The summed E-state index contributed by atoms with van der Waals surface area (Å²) in [6.45, 7) is -0.543.